The lowest BCUT2D eigenvalue weighted by Crippen LogP contribution is -2.40. The number of aromatic nitrogens is 3. The molecule has 3 atom stereocenters. The van der Waals surface area contributed by atoms with Crippen molar-refractivity contribution in [2.75, 3.05) is 5.32 Å². The molecule has 11 heteroatoms. The monoisotopic (exact) mass is 475 g/mol. The predicted molar refractivity (Wildman–Crippen MR) is 112 cm³/mol. The van der Waals surface area contributed by atoms with Gasteiger partial charge in [-0.15, -0.1) is 0 Å². The second-order valence-corrected chi connectivity index (χ2v) is 8.32. The molecule has 2 aliphatic rings. The number of fused-ring (bicyclic) bond motifs is 2. The van der Waals surface area contributed by atoms with Gasteiger partial charge in [-0.1, -0.05) is 18.2 Å². The van der Waals surface area contributed by atoms with E-state index in [0.29, 0.717) is 36.2 Å². The number of carbonyl (C=O) groups excluding carboxylic acids is 1. The quantitative estimate of drug-likeness (QED) is 0.555. The van der Waals surface area contributed by atoms with Gasteiger partial charge in [-0.25, -0.2) is 23.7 Å². The smallest absolute Gasteiger partial charge is 0.363 e. The number of pyridine rings is 1. The number of halogens is 5. The van der Waals surface area contributed by atoms with E-state index in [0.717, 1.165) is 18.8 Å². The summed E-state index contributed by atoms with van der Waals surface area (Å²) >= 11 is 0. The highest BCUT2D eigenvalue weighted by Gasteiger charge is 2.49. The van der Waals surface area contributed by atoms with Gasteiger partial charge in [0.1, 0.15) is 0 Å². The van der Waals surface area contributed by atoms with Gasteiger partial charge in [0.2, 0.25) is 0 Å². The maximum atomic E-state index is 14.3. The van der Waals surface area contributed by atoms with Crippen LogP contribution >= 0.6 is 0 Å². The summed E-state index contributed by atoms with van der Waals surface area (Å²) in [5.74, 6) is -2.03. The number of nitrogens with one attached hydrogen (secondary N) is 1. The number of benzene rings is 1. The zero-order chi connectivity index (χ0) is 24.0. The van der Waals surface area contributed by atoms with Crippen LogP contribution in [0.2, 0.25) is 0 Å². The third kappa shape index (κ3) is 3.95. The van der Waals surface area contributed by atoms with E-state index < -0.39 is 23.4 Å². The van der Waals surface area contributed by atoms with Crippen molar-refractivity contribution in [3.63, 3.8) is 0 Å². The van der Waals surface area contributed by atoms with Gasteiger partial charge in [0.15, 0.2) is 23.3 Å². The van der Waals surface area contributed by atoms with Crippen molar-refractivity contribution in [2.45, 2.75) is 43.6 Å². The summed E-state index contributed by atoms with van der Waals surface area (Å²) in [5, 5.41) is 2.89. The van der Waals surface area contributed by atoms with Crippen LogP contribution in [0.15, 0.2) is 48.9 Å². The third-order valence-corrected chi connectivity index (χ3v) is 6.28. The minimum absolute atomic E-state index is 0.116. The Morgan fingerprint density at radius 2 is 1.76 bits per heavy atom. The van der Waals surface area contributed by atoms with Gasteiger partial charge < -0.3 is 10.2 Å². The molecule has 2 bridgehead atoms. The van der Waals surface area contributed by atoms with Crippen molar-refractivity contribution < 1.29 is 26.7 Å². The number of nitrogens with zero attached hydrogens (tertiary/aromatic N) is 4. The molecule has 34 heavy (non-hydrogen) atoms. The first-order chi connectivity index (χ1) is 16.2. The third-order valence-electron chi connectivity index (χ3n) is 6.28. The van der Waals surface area contributed by atoms with Crippen LogP contribution in [0.25, 0.3) is 11.4 Å². The van der Waals surface area contributed by atoms with Crippen molar-refractivity contribution >= 4 is 11.7 Å². The van der Waals surface area contributed by atoms with Crippen LogP contribution in [-0.4, -0.2) is 43.9 Å². The first kappa shape index (κ1) is 22.2. The molecule has 6 nitrogen and oxygen atoms in total. The van der Waals surface area contributed by atoms with Gasteiger partial charge >= 0.3 is 6.18 Å². The topological polar surface area (TPSA) is 71.0 Å². The largest absolute Gasteiger partial charge is 0.417 e. The standard InChI is InChI=1S/C23H18F5N5O/c24-13-10-30-20(31-11-13)15-3-1-2-4-16(15)22(34)33-14-5-6-19(33)18(8-14)32-21-17(25)7-12(9-29-21)23(26,27)28/h1-4,7,9-11,14,18-19H,5-6,8H2,(H,29,32). The molecule has 176 valence electrons. The molecular weight excluding hydrogens is 457 g/mol. The molecule has 2 aromatic heterocycles. The maximum absolute atomic E-state index is 14.3. The summed E-state index contributed by atoms with van der Waals surface area (Å²) in [6.07, 6.45) is -0.139. The van der Waals surface area contributed by atoms with Crippen molar-refractivity contribution in [1.82, 2.24) is 19.9 Å². The zero-order valence-electron chi connectivity index (χ0n) is 17.6. The van der Waals surface area contributed by atoms with E-state index in [4.69, 9.17) is 0 Å². The number of carbonyl (C=O) groups is 1. The van der Waals surface area contributed by atoms with Gasteiger partial charge in [0.25, 0.3) is 5.91 Å². The lowest BCUT2D eigenvalue weighted by atomic mass is 9.95. The van der Waals surface area contributed by atoms with Gasteiger partial charge in [-0.3, -0.25) is 4.79 Å². The average molecular weight is 475 g/mol. The molecule has 3 aromatic rings. The second kappa shape index (κ2) is 8.30. The Morgan fingerprint density at radius 3 is 2.47 bits per heavy atom. The first-order valence-corrected chi connectivity index (χ1v) is 10.6. The minimum atomic E-state index is -4.69. The van der Waals surface area contributed by atoms with Crippen LogP contribution in [0, 0.1) is 11.6 Å². The highest BCUT2D eigenvalue weighted by molar-refractivity contribution is 6.00. The van der Waals surface area contributed by atoms with Crippen LogP contribution in [0.1, 0.15) is 35.2 Å². The molecule has 2 saturated heterocycles. The van der Waals surface area contributed by atoms with Gasteiger partial charge in [-0.05, 0) is 31.4 Å². The van der Waals surface area contributed by atoms with E-state index >= 15 is 0 Å². The van der Waals surface area contributed by atoms with E-state index in [1.807, 2.05) is 0 Å². The van der Waals surface area contributed by atoms with Gasteiger partial charge in [0.05, 0.1) is 35.6 Å². The normalized spacial score (nSPS) is 21.7. The first-order valence-electron chi connectivity index (χ1n) is 10.6. The predicted octanol–water partition coefficient (Wildman–Crippen LogP) is 4.69. The SMILES string of the molecule is O=C(c1ccccc1-c1ncc(F)cn1)N1C2CCC1C(Nc1ncc(C(F)(F)F)cc1F)C2. The van der Waals surface area contributed by atoms with Crippen molar-refractivity contribution in [1.29, 1.82) is 0 Å². The Labute approximate surface area is 190 Å². The van der Waals surface area contributed by atoms with E-state index in [1.165, 1.54) is 0 Å². The molecule has 2 fully saturated rings. The highest BCUT2D eigenvalue weighted by Crippen LogP contribution is 2.41. The number of alkyl halides is 3. The molecule has 3 unspecified atom stereocenters. The van der Waals surface area contributed by atoms with Gasteiger partial charge in [0, 0.05) is 17.8 Å². The fourth-order valence-electron chi connectivity index (χ4n) is 4.79. The number of amides is 1. The van der Waals surface area contributed by atoms with Crippen LogP contribution in [0.5, 0.6) is 0 Å². The molecule has 0 radical (unpaired) electrons. The fraction of sp³-hybridized carbons (Fsp3) is 0.304. The molecule has 0 saturated carbocycles. The van der Waals surface area contributed by atoms with E-state index in [1.54, 1.807) is 29.2 Å². The van der Waals surface area contributed by atoms with Gasteiger partial charge in [-0.2, -0.15) is 13.2 Å². The summed E-state index contributed by atoms with van der Waals surface area (Å²) in [5.41, 5.74) is -0.357. The summed E-state index contributed by atoms with van der Waals surface area (Å²) in [6.45, 7) is 0. The summed E-state index contributed by atoms with van der Waals surface area (Å²) in [6, 6.07) is 6.38. The summed E-state index contributed by atoms with van der Waals surface area (Å²) in [7, 11) is 0. The molecule has 1 amide bonds. The Morgan fingerprint density at radius 1 is 1.03 bits per heavy atom. The second-order valence-electron chi connectivity index (χ2n) is 8.32. The van der Waals surface area contributed by atoms with Crippen LogP contribution in [-0.2, 0) is 6.18 Å². The Hall–Kier alpha value is -3.63. The maximum Gasteiger partial charge on any atom is 0.417 e. The minimum Gasteiger partial charge on any atom is -0.363 e. The molecule has 2 aliphatic heterocycles. The number of hydrogen-bond donors (Lipinski definition) is 1. The summed E-state index contributed by atoms with van der Waals surface area (Å²) < 4.78 is 66.0. The lowest BCUT2D eigenvalue weighted by molar-refractivity contribution is -0.138. The molecule has 1 aromatic carbocycles. The van der Waals surface area contributed by atoms with Crippen molar-refractivity contribution in [3.8, 4) is 11.4 Å². The van der Waals surface area contributed by atoms with Crippen LogP contribution in [0.3, 0.4) is 0 Å². The summed E-state index contributed by atoms with van der Waals surface area (Å²) in [4.78, 5) is 26.8. The van der Waals surface area contributed by atoms with E-state index in [2.05, 4.69) is 20.3 Å². The van der Waals surface area contributed by atoms with E-state index in [9.17, 15) is 26.7 Å². The number of rotatable bonds is 4. The molecule has 5 rings (SSSR count). The average Bonchev–Trinajstić information content (AvgIpc) is 3.37. The molecular formula is C23H18F5N5O. The molecule has 1 N–H and O–H groups in total. The molecule has 4 heterocycles. The molecule has 0 aliphatic carbocycles. The van der Waals surface area contributed by atoms with Crippen molar-refractivity contribution in [2.24, 2.45) is 0 Å². The fourth-order valence-corrected chi connectivity index (χ4v) is 4.79. The van der Waals surface area contributed by atoms with Crippen molar-refractivity contribution in [3.05, 3.63) is 71.7 Å². The zero-order valence-corrected chi connectivity index (χ0v) is 17.6. The highest BCUT2D eigenvalue weighted by atomic mass is 19.4. The number of anilines is 1. The Kier molecular flexibility index (Phi) is 5.41. The van der Waals surface area contributed by atoms with Crippen LogP contribution < -0.4 is 5.32 Å². The molecule has 0 spiro atoms. The Balaban J connectivity index is 1.38. The Bertz CT molecular complexity index is 1230. The van der Waals surface area contributed by atoms with E-state index in [-0.39, 0.29) is 35.7 Å². The lowest BCUT2D eigenvalue weighted by Gasteiger charge is -2.26. The number of hydrogen-bond acceptors (Lipinski definition) is 5. The van der Waals surface area contributed by atoms with Crippen LogP contribution in [0.4, 0.5) is 27.8 Å².